The van der Waals surface area contributed by atoms with Gasteiger partial charge in [0.25, 0.3) is 0 Å². The van der Waals surface area contributed by atoms with Crippen LogP contribution in [0, 0.1) is 0 Å². The van der Waals surface area contributed by atoms with Crippen LogP contribution in [0.4, 0.5) is 0 Å². The average molecular weight is 284 g/mol. The molecule has 1 aromatic carbocycles. The molecule has 4 heteroatoms. The van der Waals surface area contributed by atoms with Gasteiger partial charge >= 0.3 is 0 Å². The van der Waals surface area contributed by atoms with Gasteiger partial charge in [-0.1, -0.05) is 48.9 Å². The predicted octanol–water partition coefficient (Wildman–Crippen LogP) is 2.98. The Morgan fingerprint density at radius 3 is 2.57 bits per heavy atom. The largest absolute Gasteiger partial charge is 0.308 e. The van der Waals surface area contributed by atoms with Gasteiger partial charge in [-0.3, -0.25) is 4.68 Å². The summed E-state index contributed by atoms with van der Waals surface area (Å²) >= 11 is 0. The summed E-state index contributed by atoms with van der Waals surface area (Å²) in [4.78, 5) is 0. The Labute approximate surface area is 126 Å². The van der Waals surface area contributed by atoms with Crippen LogP contribution in [0.5, 0.6) is 0 Å². The lowest BCUT2D eigenvalue weighted by molar-refractivity contribution is 0.163. The maximum absolute atomic E-state index is 4.14. The van der Waals surface area contributed by atoms with Gasteiger partial charge in [0.2, 0.25) is 0 Å². The van der Waals surface area contributed by atoms with Crippen LogP contribution in [-0.2, 0) is 12.5 Å². The zero-order valence-corrected chi connectivity index (χ0v) is 12.9. The smallest absolute Gasteiger partial charge is 0.0762 e. The molecule has 1 saturated carbocycles. The zero-order chi connectivity index (χ0) is 14.7. The lowest BCUT2D eigenvalue weighted by atomic mass is 9.59. The maximum atomic E-state index is 4.14. The summed E-state index contributed by atoms with van der Waals surface area (Å²) in [5, 5.41) is 12.0. The fraction of sp³-hybridized carbons (Fsp3) is 0.529. The minimum atomic E-state index is 0.186. The first kappa shape index (κ1) is 14.3. The first-order valence-corrected chi connectivity index (χ1v) is 7.91. The van der Waals surface area contributed by atoms with E-state index in [2.05, 4.69) is 52.9 Å². The highest BCUT2D eigenvalue weighted by molar-refractivity contribution is 5.33. The SMILES string of the molecule is CCCNC(c1cnnn1C)C1(c2ccccc2)CCC1. The van der Waals surface area contributed by atoms with E-state index in [0.717, 1.165) is 13.0 Å². The number of nitrogens with zero attached hydrogens (tertiary/aromatic N) is 3. The van der Waals surface area contributed by atoms with Gasteiger partial charge in [-0.15, -0.1) is 5.10 Å². The van der Waals surface area contributed by atoms with Crippen LogP contribution in [0.2, 0.25) is 0 Å². The molecule has 0 saturated heterocycles. The van der Waals surface area contributed by atoms with Gasteiger partial charge in [0.05, 0.1) is 17.9 Å². The molecule has 1 heterocycles. The molecule has 0 radical (unpaired) electrons. The number of aryl methyl sites for hydroxylation is 1. The van der Waals surface area contributed by atoms with Crippen LogP contribution in [0.25, 0.3) is 0 Å². The van der Waals surface area contributed by atoms with Gasteiger partial charge in [0.1, 0.15) is 0 Å². The molecule has 1 aromatic heterocycles. The predicted molar refractivity (Wildman–Crippen MR) is 84.0 cm³/mol. The van der Waals surface area contributed by atoms with Crippen LogP contribution in [0.1, 0.15) is 49.9 Å². The summed E-state index contributed by atoms with van der Waals surface area (Å²) in [5.41, 5.74) is 2.81. The van der Waals surface area contributed by atoms with Gasteiger partial charge in [-0.2, -0.15) is 0 Å². The van der Waals surface area contributed by atoms with Crippen LogP contribution in [0.3, 0.4) is 0 Å². The fourth-order valence-electron chi connectivity index (χ4n) is 3.50. The Hall–Kier alpha value is -1.68. The molecule has 0 amide bonds. The lowest BCUT2D eigenvalue weighted by Crippen LogP contribution is -2.47. The molecule has 0 spiro atoms. The molecule has 1 aliphatic rings. The Balaban J connectivity index is 2.00. The number of benzene rings is 1. The second-order valence-corrected chi connectivity index (χ2v) is 6.05. The summed E-state index contributed by atoms with van der Waals surface area (Å²) in [6.45, 7) is 3.23. The van der Waals surface area contributed by atoms with Crippen molar-refractivity contribution < 1.29 is 0 Å². The minimum Gasteiger partial charge on any atom is -0.308 e. The molecule has 112 valence electrons. The van der Waals surface area contributed by atoms with Crippen molar-refractivity contribution in [3.63, 3.8) is 0 Å². The molecule has 0 bridgehead atoms. The standard InChI is InChI=1S/C17H24N4/c1-3-12-18-16(15-13-19-20-21(15)2)17(10-7-11-17)14-8-5-4-6-9-14/h4-6,8-9,13,16,18H,3,7,10-12H2,1-2H3. The molecule has 4 nitrogen and oxygen atoms in total. The van der Waals surface area contributed by atoms with Crippen molar-refractivity contribution in [3.05, 3.63) is 47.8 Å². The average Bonchev–Trinajstić information content (AvgIpc) is 2.88. The fourth-order valence-corrected chi connectivity index (χ4v) is 3.50. The molecule has 1 N–H and O–H groups in total. The number of rotatable bonds is 6. The Morgan fingerprint density at radius 1 is 1.29 bits per heavy atom. The number of nitrogens with one attached hydrogen (secondary N) is 1. The van der Waals surface area contributed by atoms with E-state index in [1.165, 1.54) is 30.5 Å². The summed E-state index contributed by atoms with van der Waals surface area (Å²) in [7, 11) is 1.99. The van der Waals surface area contributed by atoms with Crippen molar-refractivity contribution in [1.82, 2.24) is 20.3 Å². The minimum absolute atomic E-state index is 0.186. The third-order valence-corrected chi connectivity index (χ3v) is 4.79. The van der Waals surface area contributed by atoms with E-state index < -0.39 is 0 Å². The highest BCUT2D eigenvalue weighted by Crippen LogP contribution is 2.51. The molecule has 3 rings (SSSR count). The molecule has 0 aliphatic heterocycles. The van der Waals surface area contributed by atoms with Crippen molar-refractivity contribution in [1.29, 1.82) is 0 Å². The molecule has 1 atom stereocenters. The van der Waals surface area contributed by atoms with E-state index in [4.69, 9.17) is 0 Å². The van der Waals surface area contributed by atoms with Crippen molar-refractivity contribution in [2.45, 2.75) is 44.1 Å². The van der Waals surface area contributed by atoms with Crippen molar-refractivity contribution >= 4 is 0 Å². The molecule has 1 fully saturated rings. The van der Waals surface area contributed by atoms with Crippen molar-refractivity contribution in [2.24, 2.45) is 7.05 Å². The molecular formula is C17H24N4. The van der Waals surface area contributed by atoms with Crippen molar-refractivity contribution in [2.75, 3.05) is 6.54 Å². The summed E-state index contributed by atoms with van der Waals surface area (Å²) in [6, 6.07) is 11.2. The van der Waals surface area contributed by atoms with E-state index in [0.29, 0.717) is 0 Å². The Bertz CT molecular complexity index is 571. The van der Waals surface area contributed by atoms with Gasteiger partial charge in [-0.05, 0) is 31.4 Å². The van der Waals surface area contributed by atoms with Crippen LogP contribution >= 0.6 is 0 Å². The second-order valence-electron chi connectivity index (χ2n) is 6.05. The summed E-state index contributed by atoms with van der Waals surface area (Å²) < 4.78 is 1.91. The van der Waals surface area contributed by atoms with E-state index >= 15 is 0 Å². The van der Waals surface area contributed by atoms with E-state index in [1.807, 2.05) is 17.9 Å². The Morgan fingerprint density at radius 2 is 2.05 bits per heavy atom. The second kappa shape index (κ2) is 5.98. The lowest BCUT2D eigenvalue weighted by Gasteiger charge is -2.48. The summed E-state index contributed by atoms with van der Waals surface area (Å²) in [6.07, 6.45) is 6.79. The molecule has 1 unspecified atom stereocenters. The summed E-state index contributed by atoms with van der Waals surface area (Å²) in [5.74, 6) is 0. The van der Waals surface area contributed by atoms with E-state index in [9.17, 15) is 0 Å². The number of hydrogen-bond acceptors (Lipinski definition) is 3. The highest BCUT2D eigenvalue weighted by atomic mass is 15.4. The van der Waals surface area contributed by atoms with E-state index in [-0.39, 0.29) is 11.5 Å². The highest BCUT2D eigenvalue weighted by Gasteiger charge is 2.46. The third-order valence-electron chi connectivity index (χ3n) is 4.79. The van der Waals surface area contributed by atoms with Gasteiger partial charge in [0, 0.05) is 12.5 Å². The molecule has 21 heavy (non-hydrogen) atoms. The monoisotopic (exact) mass is 284 g/mol. The quantitative estimate of drug-likeness (QED) is 0.887. The van der Waals surface area contributed by atoms with Crippen molar-refractivity contribution in [3.8, 4) is 0 Å². The van der Waals surface area contributed by atoms with Crippen LogP contribution in [-0.4, -0.2) is 21.5 Å². The number of hydrogen-bond donors (Lipinski definition) is 1. The third kappa shape index (κ3) is 2.48. The molecule has 2 aromatic rings. The van der Waals surface area contributed by atoms with Gasteiger partial charge in [-0.25, -0.2) is 0 Å². The number of aromatic nitrogens is 3. The van der Waals surface area contributed by atoms with Gasteiger partial charge in [0.15, 0.2) is 0 Å². The van der Waals surface area contributed by atoms with E-state index in [1.54, 1.807) is 0 Å². The first-order valence-electron chi connectivity index (χ1n) is 7.91. The Kier molecular flexibility index (Phi) is 4.06. The van der Waals surface area contributed by atoms with Gasteiger partial charge < -0.3 is 5.32 Å². The van der Waals surface area contributed by atoms with Crippen LogP contribution < -0.4 is 5.32 Å². The molecular weight excluding hydrogens is 260 g/mol. The first-order chi connectivity index (χ1) is 10.3. The maximum Gasteiger partial charge on any atom is 0.0762 e. The topological polar surface area (TPSA) is 42.7 Å². The molecule has 1 aliphatic carbocycles. The normalized spacial score (nSPS) is 18.2. The van der Waals surface area contributed by atoms with Crippen LogP contribution in [0.15, 0.2) is 36.5 Å². The zero-order valence-electron chi connectivity index (χ0n) is 12.9.